The van der Waals surface area contributed by atoms with Crippen molar-refractivity contribution in [1.29, 1.82) is 5.26 Å². The largest absolute Gasteiger partial charge is 0.449 e. The van der Waals surface area contributed by atoms with Crippen molar-refractivity contribution in [3.63, 3.8) is 0 Å². The van der Waals surface area contributed by atoms with Crippen LogP contribution in [0.4, 0.5) is 4.79 Å². The number of carbonyl (C=O) groups is 3. The Labute approximate surface area is 159 Å². The first-order valence-corrected chi connectivity index (χ1v) is 8.70. The number of rotatable bonds is 8. The van der Waals surface area contributed by atoms with Crippen LogP contribution in [0.25, 0.3) is 0 Å². The lowest BCUT2D eigenvalue weighted by atomic mass is 10.1. The molecule has 0 saturated carbocycles. The van der Waals surface area contributed by atoms with Crippen LogP contribution in [-0.2, 0) is 16.1 Å². The van der Waals surface area contributed by atoms with Crippen LogP contribution in [0, 0.1) is 11.3 Å². The van der Waals surface area contributed by atoms with Crippen LogP contribution in [0.3, 0.4) is 0 Å². The Bertz CT molecular complexity index is 695. The molecule has 0 aliphatic rings. The zero-order valence-electron chi connectivity index (χ0n) is 16.1. The summed E-state index contributed by atoms with van der Waals surface area (Å²) in [5, 5.41) is 14.0. The lowest BCUT2D eigenvalue weighted by Crippen LogP contribution is -2.39. The number of nitriles is 1. The third-order valence-electron chi connectivity index (χ3n) is 3.63. The fraction of sp³-hybridized carbons (Fsp3) is 0.474. The second kappa shape index (κ2) is 10.8. The number of hydrogen-bond acceptors (Lipinski definition) is 5. The van der Waals surface area contributed by atoms with E-state index in [2.05, 4.69) is 10.6 Å². The maximum atomic E-state index is 12.2. The van der Waals surface area contributed by atoms with Crippen molar-refractivity contribution in [3.8, 4) is 6.07 Å². The molecule has 27 heavy (non-hydrogen) atoms. The lowest BCUT2D eigenvalue weighted by Gasteiger charge is -2.20. The molecular formula is C19H26N4O4. The van der Waals surface area contributed by atoms with Crippen LogP contribution in [0.15, 0.2) is 24.3 Å². The molecule has 0 unspecified atom stereocenters. The molecule has 0 bridgehead atoms. The summed E-state index contributed by atoms with van der Waals surface area (Å²) in [6.07, 6.45) is -0.726. The van der Waals surface area contributed by atoms with Gasteiger partial charge in [-0.25, -0.2) is 9.59 Å². The van der Waals surface area contributed by atoms with Gasteiger partial charge in [0.1, 0.15) is 0 Å². The molecule has 146 valence electrons. The second-order valence-electron chi connectivity index (χ2n) is 6.39. The number of ether oxygens (including phenoxy) is 1. The van der Waals surface area contributed by atoms with Crippen molar-refractivity contribution in [2.45, 2.75) is 45.9 Å². The van der Waals surface area contributed by atoms with Crippen molar-refractivity contribution in [2.75, 3.05) is 13.6 Å². The Kier molecular flexibility index (Phi) is 8.79. The van der Waals surface area contributed by atoms with E-state index < -0.39 is 12.1 Å². The normalized spacial score (nSPS) is 11.3. The van der Waals surface area contributed by atoms with Crippen LogP contribution in [0.5, 0.6) is 0 Å². The third-order valence-corrected chi connectivity index (χ3v) is 3.63. The Hall–Kier alpha value is -3.08. The monoisotopic (exact) mass is 374 g/mol. The van der Waals surface area contributed by atoms with E-state index >= 15 is 0 Å². The maximum Gasteiger partial charge on any atom is 0.338 e. The van der Waals surface area contributed by atoms with Gasteiger partial charge < -0.3 is 20.3 Å². The summed E-state index contributed by atoms with van der Waals surface area (Å²) in [6.45, 7) is 5.84. The van der Waals surface area contributed by atoms with Crippen molar-refractivity contribution in [2.24, 2.45) is 0 Å². The van der Waals surface area contributed by atoms with E-state index in [1.165, 1.54) is 11.8 Å². The van der Waals surface area contributed by atoms with Gasteiger partial charge in [-0.2, -0.15) is 5.26 Å². The molecule has 8 nitrogen and oxygen atoms in total. The van der Waals surface area contributed by atoms with Crippen molar-refractivity contribution in [1.82, 2.24) is 15.5 Å². The molecule has 1 atom stereocenters. The first kappa shape index (κ1) is 22.0. The molecule has 0 spiro atoms. The van der Waals surface area contributed by atoms with Gasteiger partial charge in [0, 0.05) is 26.2 Å². The van der Waals surface area contributed by atoms with Crippen LogP contribution in [-0.4, -0.2) is 48.5 Å². The zero-order valence-corrected chi connectivity index (χ0v) is 16.1. The van der Waals surface area contributed by atoms with E-state index in [1.807, 2.05) is 19.9 Å². The Morgan fingerprint density at radius 2 is 1.81 bits per heavy atom. The Morgan fingerprint density at radius 3 is 2.37 bits per heavy atom. The molecule has 0 fully saturated rings. The molecule has 0 heterocycles. The average Bonchev–Trinajstić information content (AvgIpc) is 2.63. The van der Waals surface area contributed by atoms with Gasteiger partial charge in [-0.1, -0.05) is 12.1 Å². The van der Waals surface area contributed by atoms with Gasteiger partial charge in [0.15, 0.2) is 6.10 Å². The number of hydrogen-bond donors (Lipinski definition) is 2. The molecule has 1 aromatic rings. The summed E-state index contributed by atoms with van der Waals surface area (Å²) in [7, 11) is 1.56. The number of likely N-dealkylation sites (N-methyl/N-ethyl adjacent to an activating group) is 1. The highest BCUT2D eigenvalue weighted by Gasteiger charge is 2.22. The number of nitrogens with one attached hydrogen (secondary N) is 2. The van der Waals surface area contributed by atoms with Gasteiger partial charge in [0.25, 0.3) is 5.91 Å². The Morgan fingerprint density at radius 1 is 1.19 bits per heavy atom. The van der Waals surface area contributed by atoms with Crippen molar-refractivity contribution < 1.29 is 19.1 Å². The van der Waals surface area contributed by atoms with Crippen LogP contribution < -0.4 is 10.6 Å². The van der Waals surface area contributed by atoms with Gasteiger partial charge in [-0.05, 0) is 38.5 Å². The molecular weight excluding hydrogens is 348 g/mol. The smallest absolute Gasteiger partial charge is 0.338 e. The molecule has 0 saturated heterocycles. The highest BCUT2D eigenvalue weighted by molar-refractivity contribution is 5.92. The number of amides is 3. The van der Waals surface area contributed by atoms with Gasteiger partial charge in [0.2, 0.25) is 0 Å². The van der Waals surface area contributed by atoms with E-state index in [0.717, 1.165) is 5.56 Å². The highest BCUT2D eigenvalue weighted by Crippen LogP contribution is 2.09. The standard InChI is InChI=1S/C19H26N4O4/c1-13(2)22-19(26)21-12-15-6-8-16(9-7-15)18(25)27-14(3)17(24)23(4)11-5-10-20/h6-9,13-14H,5,11-12H2,1-4H3,(H2,21,22,26)/t14-/m0/s1. The fourth-order valence-electron chi connectivity index (χ4n) is 2.17. The quantitative estimate of drug-likeness (QED) is 0.674. The molecule has 0 radical (unpaired) electrons. The SMILES string of the molecule is CC(C)NC(=O)NCc1ccc(C(=O)O[C@@H](C)C(=O)N(C)CCC#N)cc1. The van der Waals surface area contributed by atoms with Crippen LogP contribution >= 0.6 is 0 Å². The number of nitrogens with zero attached hydrogens (tertiary/aromatic N) is 2. The number of esters is 1. The summed E-state index contributed by atoms with van der Waals surface area (Å²) >= 11 is 0. The summed E-state index contributed by atoms with van der Waals surface area (Å²) in [5.74, 6) is -0.975. The predicted molar refractivity (Wildman–Crippen MR) is 99.7 cm³/mol. The second-order valence-corrected chi connectivity index (χ2v) is 6.39. The van der Waals surface area contributed by atoms with E-state index in [0.29, 0.717) is 12.1 Å². The first-order chi connectivity index (χ1) is 12.7. The Balaban J connectivity index is 2.55. The van der Waals surface area contributed by atoms with E-state index in [1.54, 1.807) is 31.3 Å². The van der Waals surface area contributed by atoms with E-state index in [-0.39, 0.29) is 30.9 Å². The minimum atomic E-state index is -0.942. The fourth-order valence-corrected chi connectivity index (χ4v) is 2.17. The lowest BCUT2D eigenvalue weighted by molar-refractivity contribution is -0.138. The van der Waals surface area contributed by atoms with Crippen LogP contribution in [0.1, 0.15) is 43.1 Å². The third kappa shape index (κ3) is 7.77. The van der Waals surface area contributed by atoms with E-state index in [4.69, 9.17) is 10.00 Å². The van der Waals surface area contributed by atoms with Crippen molar-refractivity contribution >= 4 is 17.9 Å². The predicted octanol–water partition coefficient (Wildman–Crippen LogP) is 1.81. The van der Waals surface area contributed by atoms with Crippen LogP contribution in [0.2, 0.25) is 0 Å². The number of benzene rings is 1. The summed E-state index contributed by atoms with van der Waals surface area (Å²) in [5.41, 5.74) is 1.13. The van der Waals surface area contributed by atoms with Crippen molar-refractivity contribution in [3.05, 3.63) is 35.4 Å². The molecule has 1 aromatic carbocycles. The number of carbonyl (C=O) groups excluding carboxylic acids is 3. The average molecular weight is 374 g/mol. The minimum Gasteiger partial charge on any atom is -0.449 e. The molecule has 3 amide bonds. The highest BCUT2D eigenvalue weighted by atomic mass is 16.5. The summed E-state index contributed by atoms with van der Waals surface area (Å²) in [6, 6.07) is 8.31. The summed E-state index contributed by atoms with van der Waals surface area (Å²) in [4.78, 5) is 37.2. The topological polar surface area (TPSA) is 112 Å². The van der Waals surface area contributed by atoms with E-state index in [9.17, 15) is 14.4 Å². The molecule has 8 heteroatoms. The van der Waals surface area contributed by atoms with Gasteiger partial charge in [-0.3, -0.25) is 4.79 Å². The first-order valence-electron chi connectivity index (χ1n) is 8.70. The molecule has 0 aliphatic carbocycles. The zero-order chi connectivity index (χ0) is 20.4. The minimum absolute atomic E-state index is 0.0470. The number of urea groups is 1. The van der Waals surface area contributed by atoms with Gasteiger partial charge >= 0.3 is 12.0 Å². The molecule has 0 aliphatic heterocycles. The molecule has 1 rings (SSSR count). The molecule has 2 N–H and O–H groups in total. The maximum absolute atomic E-state index is 12.2. The van der Waals surface area contributed by atoms with Gasteiger partial charge in [0.05, 0.1) is 18.1 Å². The van der Waals surface area contributed by atoms with Gasteiger partial charge in [-0.15, -0.1) is 0 Å². The molecule has 0 aromatic heterocycles. The summed E-state index contributed by atoms with van der Waals surface area (Å²) < 4.78 is 5.19.